The number of nitriles is 1. The molecular weight excluding hydrogens is 373 g/mol. The maximum atomic E-state index is 12.0. The third-order valence-electron chi connectivity index (χ3n) is 3.59. The molecule has 0 saturated carbocycles. The van der Waals surface area contributed by atoms with Crippen LogP contribution in [0.1, 0.15) is 34.8 Å². The molecule has 2 rings (SSSR count). The quantitative estimate of drug-likeness (QED) is 0.704. The van der Waals surface area contributed by atoms with Crippen molar-refractivity contribution in [3.05, 3.63) is 69.7 Å². The molecule has 0 heterocycles. The van der Waals surface area contributed by atoms with E-state index in [1.54, 1.807) is 48.5 Å². The lowest BCUT2D eigenvalue weighted by molar-refractivity contribution is -0.121. The van der Waals surface area contributed by atoms with Crippen LogP contribution in [0, 0.1) is 11.3 Å². The van der Waals surface area contributed by atoms with Crippen molar-refractivity contribution >= 4 is 35.0 Å². The predicted octanol–water partition coefficient (Wildman–Crippen LogP) is 3.88. The molecule has 0 fully saturated rings. The molecule has 0 unspecified atom stereocenters. The van der Waals surface area contributed by atoms with Gasteiger partial charge in [-0.15, -0.1) is 0 Å². The normalized spacial score (nSPS) is 11.3. The summed E-state index contributed by atoms with van der Waals surface area (Å²) in [5, 5.41) is 15.7. The third-order valence-corrected chi connectivity index (χ3v) is 4.08. The van der Waals surface area contributed by atoms with Crippen molar-refractivity contribution in [2.45, 2.75) is 18.9 Å². The van der Waals surface area contributed by atoms with Crippen LogP contribution < -0.4 is 10.6 Å². The van der Waals surface area contributed by atoms with E-state index in [2.05, 4.69) is 10.6 Å². The number of carbonyl (C=O) groups excluding carboxylic acids is 2. The first-order valence-corrected chi connectivity index (χ1v) is 8.73. The topological polar surface area (TPSA) is 82.0 Å². The average Bonchev–Trinajstić information content (AvgIpc) is 2.63. The Morgan fingerprint density at radius 1 is 1.08 bits per heavy atom. The molecule has 2 N–H and O–H groups in total. The summed E-state index contributed by atoms with van der Waals surface area (Å²) in [5.74, 6) is -0.492. The van der Waals surface area contributed by atoms with Gasteiger partial charge >= 0.3 is 0 Å². The number of carbonyl (C=O) groups is 2. The number of amides is 2. The molecule has 2 amide bonds. The molecule has 0 aliphatic heterocycles. The Labute approximate surface area is 161 Å². The molecule has 134 valence electrons. The van der Waals surface area contributed by atoms with Gasteiger partial charge in [-0.25, -0.2) is 0 Å². The highest BCUT2D eigenvalue weighted by atomic mass is 35.5. The number of hydrogen-bond donors (Lipinski definition) is 2. The summed E-state index contributed by atoms with van der Waals surface area (Å²) in [6, 6.07) is 14.6. The molecular formula is C19H17Cl2N3O2. The van der Waals surface area contributed by atoms with E-state index >= 15 is 0 Å². The highest BCUT2D eigenvalue weighted by molar-refractivity contribution is 6.30. The number of benzene rings is 2. The van der Waals surface area contributed by atoms with Gasteiger partial charge in [0.1, 0.15) is 6.04 Å². The van der Waals surface area contributed by atoms with E-state index in [0.29, 0.717) is 34.1 Å². The molecule has 5 nitrogen and oxygen atoms in total. The lowest BCUT2D eigenvalue weighted by atomic mass is 10.1. The highest BCUT2D eigenvalue weighted by Gasteiger charge is 2.14. The summed E-state index contributed by atoms with van der Waals surface area (Å²) >= 11 is 11.7. The van der Waals surface area contributed by atoms with Gasteiger partial charge < -0.3 is 10.6 Å². The van der Waals surface area contributed by atoms with Gasteiger partial charge in [-0.3, -0.25) is 9.59 Å². The first-order chi connectivity index (χ1) is 12.5. The largest absolute Gasteiger partial charge is 0.352 e. The van der Waals surface area contributed by atoms with Crippen LogP contribution in [-0.2, 0) is 4.79 Å². The van der Waals surface area contributed by atoms with Crippen LogP contribution in [0.2, 0.25) is 10.0 Å². The molecule has 0 aliphatic carbocycles. The molecule has 7 heteroatoms. The van der Waals surface area contributed by atoms with E-state index in [-0.39, 0.29) is 18.2 Å². The van der Waals surface area contributed by atoms with E-state index in [0.717, 1.165) is 0 Å². The van der Waals surface area contributed by atoms with Crippen LogP contribution in [0.15, 0.2) is 48.5 Å². The van der Waals surface area contributed by atoms with Gasteiger partial charge in [0.2, 0.25) is 5.91 Å². The second-order valence-electron chi connectivity index (χ2n) is 5.55. The van der Waals surface area contributed by atoms with Crippen molar-refractivity contribution in [3.8, 4) is 6.07 Å². The van der Waals surface area contributed by atoms with Crippen molar-refractivity contribution in [3.63, 3.8) is 0 Å². The Balaban J connectivity index is 1.75. The summed E-state index contributed by atoms with van der Waals surface area (Å²) in [6.07, 6.45) is 0.651. The second-order valence-corrected chi connectivity index (χ2v) is 6.42. The zero-order valence-electron chi connectivity index (χ0n) is 13.8. The minimum Gasteiger partial charge on any atom is -0.352 e. The average molecular weight is 390 g/mol. The van der Waals surface area contributed by atoms with Crippen molar-refractivity contribution in [2.24, 2.45) is 0 Å². The Morgan fingerprint density at radius 3 is 2.46 bits per heavy atom. The lowest BCUT2D eigenvalue weighted by Crippen LogP contribution is -2.29. The van der Waals surface area contributed by atoms with Crippen molar-refractivity contribution in [1.29, 1.82) is 5.26 Å². The minimum atomic E-state index is -0.759. The first-order valence-electron chi connectivity index (χ1n) is 7.98. The standard InChI is InChI=1S/C19H17Cl2N3O2/c20-15-8-6-13(7-9-15)19(26)23-10-2-5-18(25)24-17(12-22)14-3-1-4-16(21)11-14/h1,3-4,6-9,11,17H,2,5,10H2,(H,23,26)(H,24,25)/t17-/m1/s1. The fourth-order valence-electron chi connectivity index (χ4n) is 2.26. The molecule has 0 aliphatic rings. The molecule has 0 spiro atoms. The molecule has 2 aromatic rings. The summed E-state index contributed by atoms with van der Waals surface area (Å²) in [7, 11) is 0. The summed E-state index contributed by atoms with van der Waals surface area (Å²) in [6.45, 7) is 0.350. The van der Waals surface area contributed by atoms with Crippen LogP contribution in [0.5, 0.6) is 0 Å². The van der Waals surface area contributed by atoms with E-state index in [1.807, 2.05) is 6.07 Å². The van der Waals surface area contributed by atoms with E-state index in [9.17, 15) is 14.9 Å². The monoisotopic (exact) mass is 389 g/mol. The van der Waals surface area contributed by atoms with Gasteiger partial charge in [-0.05, 0) is 48.4 Å². The maximum Gasteiger partial charge on any atom is 0.251 e. The van der Waals surface area contributed by atoms with Gasteiger partial charge in [0.15, 0.2) is 0 Å². The predicted molar refractivity (Wildman–Crippen MR) is 101 cm³/mol. The molecule has 0 bridgehead atoms. The van der Waals surface area contributed by atoms with E-state index in [1.165, 1.54) is 0 Å². The van der Waals surface area contributed by atoms with Gasteiger partial charge in [0, 0.05) is 28.6 Å². The Morgan fingerprint density at radius 2 is 1.81 bits per heavy atom. The number of rotatable bonds is 7. The van der Waals surface area contributed by atoms with Crippen molar-refractivity contribution in [2.75, 3.05) is 6.54 Å². The Bertz CT molecular complexity index is 816. The molecule has 1 atom stereocenters. The first kappa shape index (κ1) is 19.8. The number of hydrogen-bond acceptors (Lipinski definition) is 3. The van der Waals surface area contributed by atoms with Gasteiger partial charge in [0.25, 0.3) is 5.91 Å². The zero-order chi connectivity index (χ0) is 18.9. The number of nitrogens with one attached hydrogen (secondary N) is 2. The van der Waals surface area contributed by atoms with Crippen molar-refractivity contribution < 1.29 is 9.59 Å². The third kappa shape index (κ3) is 6.07. The number of halogens is 2. The lowest BCUT2D eigenvalue weighted by Gasteiger charge is -2.12. The van der Waals surface area contributed by atoms with E-state index in [4.69, 9.17) is 23.2 Å². The number of nitrogens with zero attached hydrogens (tertiary/aromatic N) is 1. The Hall–Kier alpha value is -2.55. The van der Waals surface area contributed by atoms with Crippen LogP contribution in [0.25, 0.3) is 0 Å². The minimum absolute atomic E-state index is 0.194. The van der Waals surface area contributed by atoms with E-state index < -0.39 is 6.04 Å². The molecule has 26 heavy (non-hydrogen) atoms. The van der Waals surface area contributed by atoms with Crippen LogP contribution in [-0.4, -0.2) is 18.4 Å². The fourth-order valence-corrected chi connectivity index (χ4v) is 2.59. The summed E-state index contributed by atoms with van der Waals surface area (Å²) < 4.78 is 0. The molecule has 0 aromatic heterocycles. The smallest absolute Gasteiger partial charge is 0.251 e. The Kier molecular flexibility index (Phi) is 7.46. The van der Waals surface area contributed by atoms with Gasteiger partial charge in [-0.1, -0.05) is 35.3 Å². The summed E-state index contributed by atoms with van der Waals surface area (Å²) in [5.41, 5.74) is 1.13. The fraction of sp³-hybridized carbons (Fsp3) is 0.211. The van der Waals surface area contributed by atoms with Crippen LogP contribution in [0.3, 0.4) is 0 Å². The van der Waals surface area contributed by atoms with Crippen LogP contribution in [0.4, 0.5) is 0 Å². The molecule has 0 saturated heterocycles. The highest BCUT2D eigenvalue weighted by Crippen LogP contribution is 2.17. The maximum absolute atomic E-state index is 12.0. The molecule has 0 radical (unpaired) electrons. The molecule has 2 aromatic carbocycles. The second kappa shape index (κ2) is 9.81. The SMILES string of the molecule is N#C[C@@H](NC(=O)CCCNC(=O)c1ccc(Cl)cc1)c1cccc(Cl)c1. The van der Waals surface area contributed by atoms with Crippen molar-refractivity contribution in [1.82, 2.24) is 10.6 Å². The van der Waals surface area contributed by atoms with Crippen LogP contribution >= 0.6 is 23.2 Å². The van der Waals surface area contributed by atoms with Gasteiger partial charge in [-0.2, -0.15) is 5.26 Å². The van der Waals surface area contributed by atoms with Gasteiger partial charge in [0.05, 0.1) is 6.07 Å². The summed E-state index contributed by atoms with van der Waals surface area (Å²) in [4.78, 5) is 23.9. The zero-order valence-corrected chi connectivity index (χ0v) is 15.3.